The summed E-state index contributed by atoms with van der Waals surface area (Å²) in [6, 6.07) is 13.0. The number of hydrogen-bond donors (Lipinski definition) is 0. The van der Waals surface area contributed by atoms with Crippen LogP contribution in [0.4, 0.5) is 5.69 Å². The zero-order valence-corrected chi connectivity index (χ0v) is 16.7. The Kier molecular flexibility index (Phi) is 5.19. The van der Waals surface area contributed by atoms with Crippen molar-refractivity contribution in [1.29, 1.82) is 0 Å². The maximum Gasteiger partial charge on any atom is 0.256 e. The second-order valence-corrected chi connectivity index (χ2v) is 7.35. The van der Waals surface area contributed by atoms with Gasteiger partial charge in [-0.2, -0.15) is 4.68 Å². The van der Waals surface area contributed by atoms with Gasteiger partial charge in [-0.3, -0.25) is 4.79 Å². The average Bonchev–Trinajstić information content (AvgIpc) is 3.15. The van der Waals surface area contributed by atoms with Gasteiger partial charge in [0, 0.05) is 31.9 Å². The zero-order valence-electron chi connectivity index (χ0n) is 15.2. The highest BCUT2D eigenvalue weighted by atomic mass is 35.5. The van der Waals surface area contributed by atoms with Crippen molar-refractivity contribution >= 4 is 34.8 Å². The van der Waals surface area contributed by atoms with E-state index in [4.69, 9.17) is 23.2 Å². The lowest BCUT2D eigenvalue weighted by atomic mass is 10.1. The molecular formula is C19H18Cl2N6O. The van der Waals surface area contributed by atoms with Gasteiger partial charge < -0.3 is 9.80 Å². The predicted molar refractivity (Wildman–Crippen MR) is 108 cm³/mol. The molecule has 0 radical (unpaired) electrons. The molecule has 7 nitrogen and oxygen atoms in total. The summed E-state index contributed by atoms with van der Waals surface area (Å²) >= 11 is 12.1. The summed E-state index contributed by atoms with van der Waals surface area (Å²) < 4.78 is 1.58. The van der Waals surface area contributed by atoms with Gasteiger partial charge in [0.2, 0.25) is 0 Å². The number of aromatic nitrogens is 4. The van der Waals surface area contributed by atoms with Crippen LogP contribution in [0.5, 0.6) is 0 Å². The molecule has 144 valence electrons. The van der Waals surface area contributed by atoms with Crippen molar-refractivity contribution < 1.29 is 4.79 Å². The number of tetrazole rings is 1. The number of piperazine rings is 1. The number of carbonyl (C=O) groups is 1. The standard InChI is InChI=1S/C19H18Cl2N6O/c1-13-22-23-24-27(13)18-5-3-2-4-15(18)19(28)26-10-8-25(9-11-26)14-6-7-16(20)17(21)12-14/h2-7,12H,8-11H2,1H3. The summed E-state index contributed by atoms with van der Waals surface area (Å²) in [5.74, 6) is 0.601. The lowest BCUT2D eigenvalue weighted by Crippen LogP contribution is -2.49. The summed E-state index contributed by atoms with van der Waals surface area (Å²) in [5, 5.41) is 12.7. The minimum Gasteiger partial charge on any atom is -0.368 e. The molecule has 2 heterocycles. The Labute approximate surface area is 172 Å². The first kappa shape index (κ1) is 18.7. The number of anilines is 1. The number of aryl methyl sites for hydroxylation is 1. The van der Waals surface area contributed by atoms with Crippen LogP contribution in [0.2, 0.25) is 10.0 Å². The maximum atomic E-state index is 13.2. The van der Waals surface area contributed by atoms with Crippen LogP contribution in [0.15, 0.2) is 42.5 Å². The Morgan fingerprint density at radius 3 is 2.43 bits per heavy atom. The molecular weight excluding hydrogens is 399 g/mol. The van der Waals surface area contributed by atoms with Gasteiger partial charge in [-0.1, -0.05) is 35.3 Å². The number of para-hydroxylation sites is 1. The second kappa shape index (κ2) is 7.77. The molecule has 1 amide bonds. The fourth-order valence-corrected chi connectivity index (χ4v) is 3.61. The first-order chi connectivity index (χ1) is 13.5. The maximum absolute atomic E-state index is 13.2. The summed E-state index contributed by atoms with van der Waals surface area (Å²) in [4.78, 5) is 17.2. The van der Waals surface area contributed by atoms with E-state index in [9.17, 15) is 4.79 Å². The molecule has 1 fully saturated rings. The van der Waals surface area contributed by atoms with Crippen molar-refractivity contribution in [2.45, 2.75) is 6.92 Å². The molecule has 0 N–H and O–H groups in total. The van der Waals surface area contributed by atoms with E-state index in [1.165, 1.54) is 0 Å². The van der Waals surface area contributed by atoms with Crippen LogP contribution in [0.3, 0.4) is 0 Å². The van der Waals surface area contributed by atoms with Crippen molar-refractivity contribution in [3.8, 4) is 5.69 Å². The van der Waals surface area contributed by atoms with Gasteiger partial charge in [-0.15, -0.1) is 5.10 Å². The topological polar surface area (TPSA) is 67.2 Å². The van der Waals surface area contributed by atoms with Gasteiger partial charge >= 0.3 is 0 Å². The lowest BCUT2D eigenvalue weighted by molar-refractivity contribution is 0.0746. The third-order valence-electron chi connectivity index (χ3n) is 4.82. The van der Waals surface area contributed by atoms with Gasteiger partial charge in [0.1, 0.15) is 0 Å². The monoisotopic (exact) mass is 416 g/mol. The molecule has 0 spiro atoms. The number of nitrogens with zero attached hydrogens (tertiary/aromatic N) is 6. The fourth-order valence-electron chi connectivity index (χ4n) is 3.31. The van der Waals surface area contributed by atoms with E-state index in [0.29, 0.717) is 40.2 Å². The molecule has 2 aromatic carbocycles. The summed E-state index contributed by atoms with van der Waals surface area (Å²) in [6.45, 7) is 4.47. The molecule has 4 rings (SSSR count). The van der Waals surface area contributed by atoms with E-state index in [1.807, 2.05) is 41.3 Å². The zero-order chi connectivity index (χ0) is 19.7. The molecule has 0 bridgehead atoms. The summed E-state index contributed by atoms with van der Waals surface area (Å²) in [6.07, 6.45) is 0. The molecule has 0 unspecified atom stereocenters. The minimum absolute atomic E-state index is 0.0284. The predicted octanol–water partition coefficient (Wildman–Crippen LogP) is 3.24. The SMILES string of the molecule is Cc1nnnn1-c1ccccc1C(=O)N1CCN(c2ccc(Cl)c(Cl)c2)CC1. The first-order valence-corrected chi connectivity index (χ1v) is 9.64. The first-order valence-electron chi connectivity index (χ1n) is 8.88. The third kappa shape index (κ3) is 3.55. The lowest BCUT2D eigenvalue weighted by Gasteiger charge is -2.36. The van der Waals surface area contributed by atoms with Crippen LogP contribution in [0, 0.1) is 6.92 Å². The Morgan fingerprint density at radius 1 is 1.00 bits per heavy atom. The average molecular weight is 417 g/mol. The van der Waals surface area contributed by atoms with Crippen molar-refractivity contribution in [1.82, 2.24) is 25.1 Å². The van der Waals surface area contributed by atoms with Crippen molar-refractivity contribution in [3.05, 3.63) is 63.9 Å². The second-order valence-electron chi connectivity index (χ2n) is 6.53. The van der Waals surface area contributed by atoms with Gasteiger partial charge in [-0.05, 0) is 47.7 Å². The van der Waals surface area contributed by atoms with Crippen LogP contribution in [0.1, 0.15) is 16.2 Å². The molecule has 28 heavy (non-hydrogen) atoms. The van der Waals surface area contributed by atoms with Crippen LogP contribution < -0.4 is 4.90 Å². The summed E-state index contributed by atoms with van der Waals surface area (Å²) in [5.41, 5.74) is 2.27. The van der Waals surface area contributed by atoms with E-state index in [1.54, 1.807) is 17.7 Å². The van der Waals surface area contributed by atoms with Crippen molar-refractivity contribution in [2.24, 2.45) is 0 Å². The molecule has 1 saturated heterocycles. The number of rotatable bonds is 3. The number of benzene rings is 2. The largest absolute Gasteiger partial charge is 0.368 e. The minimum atomic E-state index is -0.0284. The third-order valence-corrected chi connectivity index (χ3v) is 5.56. The summed E-state index contributed by atoms with van der Waals surface area (Å²) in [7, 11) is 0. The molecule has 1 aliphatic rings. The number of halogens is 2. The quantitative estimate of drug-likeness (QED) is 0.655. The van der Waals surface area contributed by atoms with E-state index in [-0.39, 0.29) is 5.91 Å². The molecule has 3 aromatic rings. The Bertz CT molecular complexity index is 1010. The molecule has 1 aromatic heterocycles. The highest BCUT2D eigenvalue weighted by Crippen LogP contribution is 2.28. The van der Waals surface area contributed by atoms with E-state index in [2.05, 4.69) is 20.4 Å². The molecule has 0 aliphatic carbocycles. The Balaban J connectivity index is 1.51. The van der Waals surface area contributed by atoms with Crippen LogP contribution in [0.25, 0.3) is 5.69 Å². The fraction of sp³-hybridized carbons (Fsp3) is 0.263. The van der Waals surface area contributed by atoms with Crippen LogP contribution in [-0.4, -0.2) is 57.2 Å². The number of amides is 1. The highest BCUT2D eigenvalue weighted by Gasteiger charge is 2.25. The van der Waals surface area contributed by atoms with E-state index >= 15 is 0 Å². The van der Waals surface area contributed by atoms with E-state index in [0.717, 1.165) is 18.8 Å². The van der Waals surface area contributed by atoms with Gasteiger partial charge in [0.15, 0.2) is 5.82 Å². The van der Waals surface area contributed by atoms with Gasteiger partial charge in [-0.25, -0.2) is 0 Å². The Hall–Kier alpha value is -2.64. The van der Waals surface area contributed by atoms with Gasteiger partial charge in [0.25, 0.3) is 5.91 Å². The van der Waals surface area contributed by atoms with Crippen LogP contribution in [-0.2, 0) is 0 Å². The van der Waals surface area contributed by atoms with Crippen molar-refractivity contribution in [3.63, 3.8) is 0 Å². The number of hydrogen-bond acceptors (Lipinski definition) is 5. The molecule has 1 aliphatic heterocycles. The smallest absolute Gasteiger partial charge is 0.256 e. The van der Waals surface area contributed by atoms with Crippen LogP contribution >= 0.6 is 23.2 Å². The molecule has 9 heteroatoms. The number of carbonyl (C=O) groups excluding carboxylic acids is 1. The van der Waals surface area contributed by atoms with Gasteiger partial charge in [0.05, 0.1) is 21.3 Å². The Morgan fingerprint density at radius 2 is 1.75 bits per heavy atom. The normalized spacial score (nSPS) is 14.4. The molecule has 0 atom stereocenters. The highest BCUT2D eigenvalue weighted by molar-refractivity contribution is 6.42. The van der Waals surface area contributed by atoms with Crippen molar-refractivity contribution in [2.75, 3.05) is 31.1 Å². The molecule has 0 saturated carbocycles. The van der Waals surface area contributed by atoms with E-state index < -0.39 is 0 Å².